The Morgan fingerprint density at radius 2 is 1.67 bits per heavy atom. The molecule has 1 saturated heterocycles. The lowest BCUT2D eigenvalue weighted by Crippen LogP contribution is -2.35. The van der Waals surface area contributed by atoms with E-state index in [1.165, 1.54) is 0 Å². The molecule has 0 aromatic carbocycles. The van der Waals surface area contributed by atoms with E-state index >= 15 is 0 Å². The summed E-state index contributed by atoms with van der Waals surface area (Å²) >= 11 is 0. The van der Waals surface area contributed by atoms with Gasteiger partial charge in [0.2, 0.25) is 0 Å². The van der Waals surface area contributed by atoms with E-state index in [1.807, 2.05) is 0 Å². The van der Waals surface area contributed by atoms with E-state index in [0.717, 1.165) is 0 Å². The second kappa shape index (κ2) is 1.59. The Kier molecular flexibility index (Phi) is 1.20. The molecule has 1 aliphatic rings. The lowest BCUT2D eigenvalue weighted by atomic mass is 10.3. The van der Waals surface area contributed by atoms with Crippen LogP contribution < -0.4 is 0 Å². The van der Waals surface area contributed by atoms with Gasteiger partial charge in [0.15, 0.2) is 0 Å². The predicted octanol–water partition coefficient (Wildman–Crippen LogP) is 1.63. The maximum atomic E-state index is 11.8. The van der Waals surface area contributed by atoms with Gasteiger partial charge in [0.25, 0.3) is 0 Å². The summed E-state index contributed by atoms with van der Waals surface area (Å²) in [6.45, 7) is -0.569. The first kappa shape index (κ1) is 6.80. The summed E-state index contributed by atoms with van der Waals surface area (Å²) in [5.74, 6) is -3.97. The first-order chi connectivity index (χ1) is 3.96. The second-order valence-electron chi connectivity index (χ2n) is 1.82. The molecule has 0 amide bonds. The summed E-state index contributed by atoms with van der Waals surface area (Å²) in [6.07, 6.45) is -5.13. The third-order valence-electron chi connectivity index (χ3n) is 1.13. The average Bonchev–Trinajstić information content (AvgIpc) is 1.81. The molecule has 1 heterocycles. The van der Waals surface area contributed by atoms with Gasteiger partial charge < -0.3 is 4.74 Å². The van der Waals surface area contributed by atoms with Crippen molar-refractivity contribution >= 4 is 0 Å². The number of hydrogen-bond acceptors (Lipinski definition) is 1. The molecule has 5 heteroatoms. The maximum Gasteiger partial charge on any atom is 0.419 e. The van der Waals surface area contributed by atoms with E-state index in [1.54, 1.807) is 0 Å². The number of halogens is 4. The molecule has 54 valence electrons. The zero-order chi connectivity index (χ0) is 7.12. The highest BCUT2D eigenvalue weighted by Crippen LogP contribution is 2.42. The van der Waals surface area contributed by atoms with Crippen LogP contribution in [-0.4, -0.2) is 18.6 Å². The molecule has 0 radical (unpaired) electrons. The molecule has 1 nitrogen and oxygen atoms in total. The van der Waals surface area contributed by atoms with Gasteiger partial charge in [-0.1, -0.05) is 0 Å². The number of alkyl halides is 4. The first-order valence-electron chi connectivity index (χ1n) is 2.35. The van der Waals surface area contributed by atoms with Gasteiger partial charge in [-0.15, -0.1) is 0 Å². The first-order valence-corrected chi connectivity index (χ1v) is 2.35. The Morgan fingerprint density at radius 3 is 1.78 bits per heavy atom. The van der Waals surface area contributed by atoms with Crippen molar-refractivity contribution in [3.05, 3.63) is 0 Å². The Bertz CT molecular complexity index is 108. The van der Waals surface area contributed by atoms with E-state index < -0.39 is 25.1 Å². The van der Waals surface area contributed by atoms with E-state index in [2.05, 4.69) is 4.74 Å². The van der Waals surface area contributed by atoms with E-state index in [4.69, 9.17) is 0 Å². The summed E-state index contributed by atoms with van der Waals surface area (Å²) < 4.78 is 50.7. The van der Waals surface area contributed by atoms with Crippen molar-refractivity contribution in [2.75, 3.05) is 6.61 Å². The van der Waals surface area contributed by atoms with Crippen LogP contribution in [0.3, 0.4) is 0 Å². The van der Waals surface area contributed by atoms with Crippen LogP contribution in [-0.2, 0) is 4.74 Å². The zero-order valence-electron chi connectivity index (χ0n) is 4.33. The lowest BCUT2D eigenvalue weighted by Gasteiger charge is -2.14. The molecule has 1 fully saturated rings. The van der Waals surface area contributed by atoms with Crippen LogP contribution in [0, 0.1) is 0 Å². The third-order valence-corrected chi connectivity index (χ3v) is 1.13. The second-order valence-corrected chi connectivity index (χ2v) is 1.82. The molecule has 0 spiro atoms. The van der Waals surface area contributed by atoms with Gasteiger partial charge >= 0.3 is 12.0 Å². The predicted molar refractivity (Wildman–Crippen MR) is 20.5 cm³/mol. The van der Waals surface area contributed by atoms with Crippen LogP contribution in [0.1, 0.15) is 6.42 Å². The van der Waals surface area contributed by atoms with Crippen LogP contribution in [0.5, 0.6) is 0 Å². The van der Waals surface area contributed by atoms with Crippen LogP contribution >= 0.6 is 0 Å². The largest absolute Gasteiger partial charge is 0.419 e. The van der Waals surface area contributed by atoms with Gasteiger partial charge in [-0.2, -0.15) is 17.6 Å². The highest BCUT2D eigenvalue weighted by atomic mass is 19.3. The molecule has 0 bridgehead atoms. The highest BCUT2D eigenvalue weighted by molar-refractivity contribution is 4.81. The molecule has 1 aliphatic heterocycles. The minimum absolute atomic E-state index is 0.569. The minimum atomic E-state index is -4.24. The molecule has 0 aromatic heterocycles. The summed E-state index contributed by atoms with van der Waals surface area (Å²) in [5, 5.41) is 0. The third kappa shape index (κ3) is 0.891. The fourth-order valence-electron chi connectivity index (χ4n) is 0.559. The smallest absolute Gasteiger partial charge is 0.315 e. The molecule has 0 atom stereocenters. The fourth-order valence-corrected chi connectivity index (χ4v) is 0.559. The summed E-state index contributed by atoms with van der Waals surface area (Å²) in [5.41, 5.74) is 0. The Labute approximate surface area is 48.6 Å². The minimum Gasteiger partial charge on any atom is -0.315 e. The topological polar surface area (TPSA) is 9.23 Å². The normalized spacial score (nSPS) is 30.7. The molecule has 0 aliphatic carbocycles. The van der Waals surface area contributed by atoms with Gasteiger partial charge in [0.05, 0.1) is 6.61 Å². The molecule has 1 rings (SSSR count). The monoisotopic (exact) mass is 144 g/mol. The van der Waals surface area contributed by atoms with Crippen LogP contribution in [0.25, 0.3) is 0 Å². The molecule has 0 unspecified atom stereocenters. The Morgan fingerprint density at radius 1 is 1.11 bits per heavy atom. The van der Waals surface area contributed by atoms with Crippen molar-refractivity contribution in [1.29, 1.82) is 0 Å². The van der Waals surface area contributed by atoms with Crippen molar-refractivity contribution in [3.8, 4) is 0 Å². The lowest BCUT2D eigenvalue weighted by molar-refractivity contribution is -0.302. The Balaban J connectivity index is 2.75. The standard InChI is InChI=1S/C4H4F4O/c5-3(6)1-2-9-4(3,7)8/h1-2H2. The fraction of sp³-hybridized carbons (Fsp3) is 1.00. The average molecular weight is 144 g/mol. The summed E-state index contributed by atoms with van der Waals surface area (Å²) in [7, 11) is 0. The van der Waals surface area contributed by atoms with Crippen molar-refractivity contribution in [2.45, 2.75) is 18.5 Å². The summed E-state index contributed by atoms with van der Waals surface area (Å²) in [6, 6.07) is 0. The molecular weight excluding hydrogens is 140 g/mol. The van der Waals surface area contributed by atoms with Crippen molar-refractivity contribution < 1.29 is 22.3 Å². The van der Waals surface area contributed by atoms with Gasteiger partial charge in [-0.05, 0) is 0 Å². The van der Waals surface area contributed by atoms with E-state index in [-0.39, 0.29) is 0 Å². The molecule has 0 aromatic rings. The molecular formula is C4H4F4O. The van der Waals surface area contributed by atoms with Crippen molar-refractivity contribution in [2.24, 2.45) is 0 Å². The number of ether oxygens (including phenoxy) is 1. The number of rotatable bonds is 0. The van der Waals surface area contributed by atoms with E-state index in [9.17, 15) is 17.6 Å². The zero-order valence-corrected chi connectivity index (χ0v) is 4.33. The molecule has 0 saturated carbocycles. The Hall–Kier alpha value is -0.320. The quantitative estimate of drug-likeness (QED) is 0.469. The molecule has 0 N–H and O–H groups in total. The summed E-state index contributed by atoms with van der Waals surface area (Å²) in [4.78, 5) is 0. The van der Waals surface area contributed by atoms with E-state index in [0.29, 0.717) is 0 Å². The van der Waals surface area contributed by atoms with Gasteiger partial charge in [0.1, 0.15) is 0 Å². The maximum absolute atomic E-state index is 11.8. The molecule has 9 heavy (non-hydrogen) atoms. The van der Waals surface area contributed by atoms with Crippen LogP contribution in [0.2, 0.25) is 0 Å². The SMILES string of the molecule is FC1(F)CCOC1(F)F. The van der Waals surface area contributed by atoms with Gasteiger partial charge in [-0.3, -0.25) is 0 Å². The van der Waals surface area contributed by atoms with Gasteiger partial charge in [-0.25, -0.2) is 0 Å². The van der Waals surface area contributed by atoms with Gasteiger partial charge in [0, 0.05) is 6.42 Å². The van der Waals surface area contributed by atoms with Crippen LogP contribution in [0.15, 0.2) is 0 Å². The van der Waals surface area contributed by atoms with Crippen molar-refractivity contribution in [3.63, 3.8) is 0 Å². The van der Waals surface area contributed by atoms with Crippen LogP contribution in [0.4, 0.5) is 17.6 Å². The van der Waals surface area contributed by atoms with Crippen molar-refractivity contribution in [1.82, 2.24) is 0 Å². The number of hydrogen-bond donors (Lipinski definition) is 0. The highest BCUT2D eigenvalue weighted by Gasteiger charge is 2.61.